The van der Waals surface area contributed by atoms with Crippen LogP contribution in [-0.2, 0) is 16.1 Å². The van der Waals surface area contributed by atoms with Gasteiger partial charge in [-0.05, 0) is 46.9 Å². The fourth-order valence-electron chi connectivity index (χ4n) is 2.98. The molecule has 1 N–H and O–H groups in total. The molecule has 1 amide bonds. The number of esters is 1. The SMILES string of the molecule is CSCC[C@@H](NC(=O)c1ccccc1)C(=O)OCc1cccc2ccccc12. The fourth-order valence-corrected chi connectivity index (χ4v) is 3.45. The number of rotatable bonds is 8. The van der Waals surface area contributed by atoms with Gasteiger partial charge in [-0.15, -0.1) is 0 Å². The quantitative estimate of drug-likeness (QED) is 0.575. The molecule has 28 heavy (non-hydrogen) atoms. The molecule has 1 atom stereocenters. The largest absolute Gasteiger partial charge is 0.459 e. The highest BCUT2D eigenvalue weighted by Gasteiger charge is 2.22. The number of hydrogen-bond donors (Lipinski definition) is 1. The van der Waals surface area contributed by atoms with E-state index in [-0.39, 0.29) is 12.5 Å². The van der Waals surface area contributed by atoms with Crippen LogP contribution >= 0.6 is 11.8 Å². The Labute approximate surface area is 169 Å². The number of fused-ring (bicyclic) bond motifs is 1. The van der Waals surface area contributed by atoms with E-state index in [0.717, 1.165) is 22.1 Å². The fraction of sp³-hybridized carbons (Fsp3) is 0.217. The van der Waals surface area contributed by atoms with Crippen LogP contribution < -0.4 is 5.32 Å². The summed E-state index contributed by atoms with van der Waals surface area (Å²) >= 11 is 1.63. The van der Waals surface area contributed by atoms with Crippen molar-refractivity contribution in [3.63, 3.8) is 0 Å². The summed E-state index contributed by atoms with van der Waals surface area (Å²) in [6.45, 7) is 0.178. The molecule has 4 nitrogen and oxygen atoms in total. The van der Waals surface area contributed by atoms with Crippen molar-refractivity contribution in [2.45, 2.75) is 19.1 Å². The van der Waals surface area contributed by atoms with Crippen LogP contribution in [-0.4, -0.2) is 29.9 Å². The van der Waals surface area contributed by atoms with Crippen LogP contribution in [0.5, 0.6) is 0 Å². The molecule has 0 spiro atoms. The number of ether oxygens (including phenoxy) is 1. The molecule has 3 rings (SSSR count). The second-order valence-electron chi connectivity index (χ2n) is 6.42. The number of nitrogens with one attached hydrogen (secondary N) is 1. The number of benzene rings is 3. The summed E-state index contributed by atoms with van der Waals surface area (Å²) in [5.41, 5.74) is 1.47. The van der Waals surface area contributed by atoms with E-state index in [1.54, 1.807) is 36.0 Å². The van der Waals surface area contributed by atoms with Crippen LogP contribution in [0.1, 0.15) is 22.3 Å². The maximum Gasteiger partial charge on any atom is 0.329 e. The highest BCUT2D eigenvalue weighted by Crippen LogP contribution is 2.19. The minimum absolute atomic E-state index is 0.178. The van der Waals surface area contributed by atoms with Gasteiger partial charge in [-0.3, -0.25) is 4.79 Å². The van der Waals surface area contributed by atoms with Crippen LogP contribution in [0.3, 0.4) is 0 Å². The molecule has 0 radical (unpaired) electrons. The molecule has 5 heteroatoms. The van der Waals surface area contributed by atoms with E-state index in [4.69, 9.17) is 4.74 Å². The van der Waals surface area contributed by atoms with Crippen molar-refractivity contribution < 1.29 is 14.3 Å². The van der Waals surface area contributed by atoms with Crippen LogP contribution in [0.4, 0.5) is 0 Å². The van der Waals surface area contributed by atoms with Gasteiger partial charge in [0.1, 0.15) is 12.6 Å². The van der Waals surface area contributed by atoms with Gasteiger partial charge in [-0.25, -0.2) is 4.79 Å². The molecule has 0 aliphatic carbocycles. The van der Waals surface area contributed by atoms with Crippen molar-refractivity contribution in [3.05, 3.63) is 83.9 Å². The molecule has 3 aromatic rings. The van der Waals surface area contributed by atoms with Crippen LogP contribution in [0, 0.1) is 0 Å². The third-order valence-corrected chi connectivity index (χ3v) is 5.13. The number of thioether (sulfide) groups is 1. The topological polar surface area (TPSA) is 55.4 Å². The maximum absolute atomic E-state index is 12.7. The molecular formula is C23H23NO3S. The van der Waals surface area contributed by atoms with Crippen molar-refractivity contribution in [2.24, 2.45) is 0 Å². The lowest BCUT2D eigenvalue weighted by Gasteiger charge is -2.18. The summed E-state index contributed by atoms with van der Waals surface area (Å²) in [5, 5.41) is 4.98. The zero-order valence-corrected chi connectivity index (χ0v) is 16.6. The van der Waals surface area contributed by atoms with E-state index in [1.807, 2.05) is 54.8 Å². The normalized spacial score (nSPS) is 11.8. The van der Waals surface area contributed by atoms with Crippen molar-refractivity contribution >= 4 is 34.4 Å². The lowest BCUT2D eigenvalue weighted by molar-refractivity contribution is -0.147. The van der Waals surface area contributed by atoms with E-state index in [0.29, 0.717) is 12.0 Å². The van der Waals surface area contributed by atoms with Gasteiger partial charge in [0.25, 0.3) is 5.91 Å². The van der Waals surface area contributed by atoms with Gasteiger partial charge in [0.05, 0.1) is 0 Å². The first-order valence-corrected chi connectivity index (χ1v) is 10.6. The molecule has 0 saturated heterocycles. The predicted molar refractivity (Wildman–Crippen MR) is 114 cm³/mol. The molecule has 0 aliphatic heterocycles. The summed E-state index contributed by atoms with van der Waals surface area (Å²) in [6.07, 6.45) is 2.49. The molecule has 0 aliphatic rings. The van der Waals surface area contributed by atoms with Gasteiger partial charge >= 0.3 is 5.97 Å². The Morgan fingerprint density at radius 3 is 2.46 bits per heavy atom. The zero-order chi connectivity index (χ0) is 19.8. The molecule has 0 aromatic heterocycles. The van der Waals surface area contributed by atoms with E-state index in [9.17, 15) is 9.59 Å². The lowest BCUT2D eigenvalue weighted by atomic mass is 10.1. The first-order chi connectivity index (χ1) is 13.7. The summed E-state index contributed by atoms with van der Waals surface area (Å²) in [6, 6.07) is 22.1. The number of carbonyl (C=O) groups is 2. The Kier molecular flexibility index (Phi) is 7.09. The van der Waals surface area contributed by atoms with E-state index >= 15 is 0 Å². The summed E-state index contributed by atoms with van der Waals surface area (Å²) in [4.78, 5) is 25.1. The van der Waals surface area contributed by atoms with Gasteiger partial charge in [-0.1, -0.05) is 60.7 Å². The van der Waals surface area contributed by atoms with Crippen molar-refractivity contribution in [1.29, 1.82) is 0 Å². The zero-order valence-electron chi connectivity index (χ0n) is 15.8. The minimum atomic E-state index is -0.671. The number of carbonyl (C=O) groups excluding carboxylic acids is 2. The smallest absolute Gasteiger partial charge is 0.329 e. The van der Waals surface area contributed by atoms with Crippen molar-refractivity contribution in [2.75, 3.05) is 12.0 Å². The van der Waals surface area contributed by atoms with Crippen LogP contribution in [0.15, 0.2) is 72.8 Å². The molecular weight excluding hydrogens is 370 g/mol. The Hall–Kier alpha value is -2.79. The number of hydrogen-bond acceptors (Lipinski definition) is 4. The highest BCUT2D eigenvalue weighted by atomic mass is 32.2. The average molecular weight is 394 g/mol. The van der Waals surface area contributed by atoms with Gasteiger partial charge in [0.15, 0.2) is 0 Å². The van der Waals surface area contributed by atoms with Gasteiger partial charge in [-0.2, -0.15) is 11.8 Å². The first kappa shape index (κ1) is 20.0. The molecule has 0 saturated carbocycles. The predicted octanol–water partition coefficient (Wildman–Crippen LogP) is 4.43. The molecule has 144 valence electrons. The summed E-state index contributed by atoms with van der Waals surface area (Å²) in [7, 11) is 0. The molecule has 0 heterocycles. The Morgan fingerprint density at radius 2 is 1.68 bits per heavy atom. The first-order valence-electron chi connectivity index (χ1n) is 9.17. The van der Waals surface area contributed by atoms with E-state index < -0.39 is 12.0 Å². The highest BCUT2D eigenvalue weighted by molar-refractivity contribution is 7.98. The number of amides is 1. The second kappa shape index (κ2) is 9.95. The van der Waals surface area contributed by atoms with Gasteiger partial charge < -0.3 is 10.1 Å². The van der Waals surface area contributed by atoms with Crippen LogP contribution in [0.25, 0.3) is 10.8 Å². The molecule has 0 fully saturated rings. The minimum Gasteiger partial charge on any atom is -0.459 e. The second-order valence-corrected chi connectivity index (χ2v) is 7.41. The lowest BCUT2D eigenvalue weighted by Crippen LogP contribution is -2.42. The summed E-state index contributed by atoms with van der Waals surface area (Å²) in [5.74, 6) is 0.0726. The van der Waals surface area contributed by atoms with Gasteiger partial charge in [0.2, 0.25) is 0 Å². The van der Waals surface area contributed by atoms with Crippen molar-refractivity contribution in [3.8, 4) is 0 Å². The third kappa shape index (κ3) is 5.14. The Morgan fingerprint density at radius 1 is 0.964 bits per heavy atom. The van der Waals surface area contributed by atoms with Crippen LogP contribution in [0.2, 0.25) is 0 Å². The Balaban J connectivity index is 1.68. The summed E-state index contributed by atoms with van der Waals surface area (Å²) < 4.78 is 5.57. The third-order valence-electron chi connectivity index (χ3n) is 4.49. The molecule has 0 bridgehead atoms. The molecule has 3 aromatic carbocycles. The monoisotopic (exact) mass is 393 g/mol. The van der Waals surface area contributed by atoms with Gasteiger partial charge in [0, 0.05) is 5.56 Å². The standard InChI is InChI=1S/C23H23NO3S/c1-28-15-14-21(24-22(25)18-9-3-2-4-10-18)23(26)27-16-19-12-7-11-17-8-5-6-13-20(17)19/h2-13,21H,14-16H2,1H3,(H,24,25)/t21-/m1/s1. The van der Waals surface area contributed by atoms with Crippen molar-refractivity contribution in [1.82, 2.24) is 5.32 Å². The maximum atomic E-state index is 12.7. The average Bonchev–Trinajstić information content (AvgIpc) is 2.75. The van der Waals surface area contributed by atoms with E-state index in [2.05, 4.69) is 5.32 Å². The Bertz CT molecular complexity index is 937. The van der Waals surface area contributed by atoms with E-state index in [1.165, 1.54) is 0 Å². The molecule has 0 unspecified atom stereocenters.